The van der Waals surface area contributed by atoms with E-state index in [0.29, 0.717) is 5.95 Å². The van der Waals surface area contributed by atoms with Gasteiger partial charge in [-0.1, -0.05) is 29.8 Å². The molecule has 2 aromatic carbocycles. The molecule has 128 valence electrons. The SMILES string of the molecule is COc1ccccc1Nc1nc(C)cc(Nc2ccc(C)cc2C)n1. The highest BCUT2D eigenvalue weighted by molar-refractivity contribution is 5.65. The monoisotopic (exact) mass is 334 g/mol. The number of rotatable bonds is 5. The third-order valence-corrected chi connectivity index (χ3v) is 3.85. The minimum atomic E-state index is 0.525. The van der Waals surface area contributed by atoms with Crippen LogP contribution in [0.15, 0.2) is 48.5 Å². The highest BCUT2D eigenvalue weighted by Gasteiger charge is 2.07. The lowest BCUT2D eigenvalue weighted by Crippen LogP contribution is -2.04. The molecule has 0 spiro atoms. The Hall–Kier alpha value is -3.08. The molecule has 0 saturated carbocycles. The molecule has 0 saturated heterocycles. The van der Waals surface area contributed by atoms with Crippen LogP contribution in [-0.2, 0) is 0 Å². The zero-order valence-corrected chi connectivity index (χ0v) is 14.9. The minimum Gasteiger partial charge on any atom is -0.495 e. The van der Waals surface area contributed by atoms with Gasteiger partial charge in [0.1, 0.15) is 11.6 Å². The first-order valence-corrected chi connectivity index (χ1v) is 8.15. The van der Waals surface area contributed by atoms with Gasteiger partial charge in [-0.3, -0.25) is 0 Å². The Bertz CT molecular complexity index is 893. The molecule has 1 heterocycles. The van der Waals surface area contributed by atoms with Crippen molar-refractivity contribution in [1.29, 1.82) is 0 Å². The Labute approximate surface area is 148 Å². The van der Waals surface area contributed by atoms with Crippen LogP contribution in [0.2, 0.25) is 0 Å². The minimum absolute atomic E-state index is 0.525. The van der Waals surface area contributed by atoms with Crippen molar-refractivity contribution < 1.29 is 4.74 Å². The fourth-order valence-corrected chi connectivity index (χ4v) is 2.65. The topological polar surface area (TPSA) is 59.1 Å². The summed E-state index contributed by atoms with van der Waals surface area (Å²) in [5, 5.41) is 6.60. The van der Waals surface area contributed by atoms with Gasteiger partial charge in [0.25, 0.3) is 0 Å². The number of anilines is 4. The van der Waals surface area contributed by atoms with Gasteiger partial charge in [-0.25, -0.2) is 4.98 Å². The number of para-hydroxylation sites is 2. The molecule has 0 aliphatic heterocycles. The summed E-state index contributed by atoms with van der Waals surface area (Å²) in [7, 11) is 1.64. The van der Waals surface area contributed by atoms with Crippen molar-refractivity contribution in [2.75, 3.05) is 17.7 Å². The Kier molecular flexibility index (Phi) is 4.84. The number of aryl methyl sites for hydroxylation is 3. The molecule has 0 aliphatic carbocycles. The molecule has 5 heteroatoms. The molecule has 0 radical (unpaired) electrons. The Morgan fingerprint density at radius 3 is 2.40 bits per heavy atom. The molecule has 5 nitrogen and oxygen atoms in total. The number of aromatic nitrogens is 2. The van der Waals surface area contributed by atoms with Crippen LogP contribution in [0.25, 0.3) is 0 Å². The van der Waals surface area contributed by atoms with Crippen molar-refractivity contribution in [3.05, 3.63) is 65.4 Å². The summed E-state index contributed by atoms with van der Waals surface area (Å²) in [6.07, 6.45) is 0. The number of methoxy groups -OCH3 is 1. The summed E-state index contributed by atoms with van der Waals surface area (Å²) >= 11 is 0. The average Bonchev–Trinajstić information content (AvgIpc) is 2.57. The van der Waals surface area contributed by atoms with Gasteiger partial charge in [-0.05, 0) is 44.5 Å². The van der Waals surface area contributed by atoms with E-state index in [4.69, 9.17) is 4.74 Å². The lowest BCUT2D eigenvalue weighted by molar-refractivity contribution is 0.417. The van der Waals surface area contributed by atoms with Crippen molar-refractivity contribution >= 4 is 23.1 Å². The zero-order valence-electron chi connectivity index (χ0n) is 14.9. The molecule has 0 bridgehead atoms. The van der Waals surface area contributed by atoms with Crippen LogP contribution in [-0.4, -0.2) is 17.1 Å². The predicted molar refractivity (Wildman–Crippen MR) is 102 cm³/mol. The van der Waals surface area contributed by atoms with Crippen molar-refractivity contribution in [2.24, 2.45) is 0 Å². The molecule has 1 aromatic heterocycles. The third kappa shape index (κ3) is 4.07. The Balaban J connectivity index is 1.87. The van der Waals surface area contributed by atoms with E-state index in [0.717, 1.165) is 28.6 Å². The maximum atomic E-state index is 5.37. The van der Waals surface area contributed by atoms with E-state index in [1.807, 2.05) is 37.3 Å². The van der Waals surface area contributed by atoms with Crippen LogP contribution >= 0.6 is 0 Å². The summed E-state index contributed by atoms with van der Waals surface area (Å²) in [6.45, 7) is 6.11. The summed E-state index contributed by atoms with van der Waals surface area (Å²) in [4.78, 5) is 9.04. The maximum Gasteiger partial charge on any atom is 0.229 e. The van der Waals surface area contributed by atoms with Gasteiger partial charge in [0.15, 0.2) is 0 Å². The molecule has 0 amide bonds. The van der Waals surface area contributed by atoms with Gasteiger partial charge in [-0.2, -0.15) is 4.98 Å². The van der Waals surface area contributed by atoms with E-state index in [2.05, 4.69) is 52.6 Å². The number of nitrogens with one attached hydrogen (secondary N) is 2. The highest BCUT2D eigenvalue weighted by Crippen LogP contribution is 2.27. The summed E-state index contributed by atoms with van der Waals surface area (Å²) in [6, 6.07) is 15.9. The molecule has 0 unspecified atom stereocenters. The van der Waals surface area contributed by atoms with Crippen molar-refractivity contribution in [1.82, 2.24) is 9.97 Å². The van der Waals surface area contributed by atoms with Crippen LogP contribution in [0, 0.1) is 20.8 Å². The standard InChI is InChI=1S/C20H22N4O/c1-13-9-10-16(14(2)11-13)22-19-12-15(3)21-20(24-19)23-17-7-5-6-8-18(17)25-4/h5-12H,1-4H3,(H2,21,22,23,24). The number of ether oxygens (including phenoxy) is 1. The summed E-state index contributed by atoms with van der Waals surface area (Å²) in [5.74, 6) is 2.02. The van der Waals surface area contributed by atoms with E-state index >= 15 is 0 Å². The summed E-state index contributed by atoms with van der Waals surface area (Å²) < 4.78 is 5.37. The largest absolute Gasteiger partial charge is 0.495 e. The summed E-state index contributed by atoms with van der Waals surface area (Å²) in [5.41, 5.74) is 5.15. The third-order valence-electron chi connectivity index (χ3n) is 3.85. The molecule has 0 fully saturated rings. The first-order valence-electron chi connectivity index (χ1n) is 8.15. The molecular weight excluding hydrogens is 312 g/mol. The van der Waals surface area contributed by atoms with Gasteiger partial charge in [-0.15, -0.1) is 0 Å². The van der Waals surface area contributed by atoms with Gasteiger partial charge in [0, 0.05) is 17.4 Å². The van der Waals surface area contributed by atoms with E-state index in [1.165, 1.54) is 11.1 Å². The predicted octanol–water partition coefficient (Wildman–Crippen LogP) is 4.90. The molecule has 2 N–H and O–H groups in total. The van der Waals surface area contributed by atoms with Gasteiger partial charge in [0.05, 0.1) is 12.8 Å². The molecule has 3 aromatic rings. The molecule has 25 heavy (non-hydrogen) atoms. The van der Waals surface area contributed by atoms with Crippen LogP contribution < -0.4 is 15.4 Å². The fourth-order valence-electron chi connectivity index (χ4n) is 2.65. The van der Waals surface area contributed by atoms with Crippen LogP contribution in [0.4, 0.5) is 23.1 Å². The first-order chi connectivity index (χ1) is 12.0. The van der Waals surface area contributed by atoms with Crippen LogP contribution in [0.3, 0.4) is 0 Å². The van der Waals surface area contributed by atoms with E-state index in [9.17, 15) is 0 Å². The smallest absolute Gasteiger partial charge is 0.229 e. The zero-order chi connectivity index (χ0) is 17.8. The molecule has 0 aliphatic rings. The Morgan fingerprint density at radius 1 is 0.840 bits per heavy atom. The van der Waals surface area contributed by atoms with Crippen molar-refractivity contribution in [3.63, 3.8) is 0 Å². The maximum absolute atomic E-state index is 5.37. The highest BCUT2D eigenvalue weighted by atomic mass is 16.5. The number of nitrogens with zero attached hydrogens (tertiary/aromatic N) is 2. The number of hydrogen-bond donors (Lipinski definition) is 2. The van der Waals surface area contributed by atoms with Gasteiger partial charge in [0.2, 0.25) is 5.95 Å². The average molecular weight is 334 g/mol. The molecule has 0 atom stereocenters. The lowest BCUT2D eigenvalue weighted by atomic mass is 10.1. The van der Waals surface area contributed by atoms with Crippen LogP contribution in [0.1, 0.15) is 16.8 Å². The normalized spacial score (nSPS) is 10.4. The van der Waals surface area contributed by atoms with Crippen LogP contribution in [0.5, 0.6) is 5.75 Å². The first kappa shape index (κ1) is 16.8. The fraction of sp³-hybridized carbons (Fsp3) is 0.200. The van der Waals surface area contributed by atoms with Crippen molar-refractivity contribution in [2.45, 2.75) is 20.8 Å². The lowest BCUT2D eigenvalue weighted by Gasteiger charge is -2.13. The quantitative estimate of drug-likeness (QED) is 0.695. The Morgan fingerprint density at radius 2 is 1.64 bits per heavy atom. The van der Waals surface area contributed by atoms with E-state index < -0.39 is 0 Å². The van der Waals surface area contributed by atoms with Gasteiger partial charge < -0.3 is 15.4 Å². The van der Waals surface area contributed by atoms with E-state index in [1.54, 1.807) is 7.11 Å². The number of hydrogen-bond acceptors (Lipinski definition) is 5. The second-order valence-corrected chi connectivity index (χ2v) is 5.99. The molecule has 3 rings (SSSR count). The second kappa shape index (κ2) is 7.21. The van der Waals surface area contributed by atoms with E-state index in [-0.39, 0.29) is 0 Å². The second-order valence-electron chi connectivity index (χ2n) is 5.99. The number of benzene rings is 2. The van der Waals surface area contributed by atoms with Gasteiger partial charge >= 0.3 is 0 Å². The molecular formula is C20H22N4O. The van der Waals surface area contributed by atoms with Crippen molar-refractivity contribution in [3.8, 4) is 5.75 Å².